The highest BCUT2D eigenvalue weighted by Crippen LogP contribution is 2.16. The van der Waals surface area contributed by atoms with Crippen LogP contribution in [0.2, 0.25) is 0 Å². The van der Waals surface area contributed by atoms with Gasteiger partial charge in [0.25, 0.3) is 0 Å². The Balaban J connectivity index is 3.05. The molecule has 2 nitrogen and oxygen atoms in total. The molecule has 0 saturated heterocycles. The topological polar surface area (TPSA) is 17.8 Å². The maximum atomic E-state index is 4.12. The fourth-order valence-electron chi connectivity index (χ4n) is 0.920. The number of hydrogen-bond acceptors (Lipinski definition) is 1. The lowest BCUT2D eigenvalue weighted by atomic mass is 10.4. The van der Waals surface area contributed by atoms with Crippen LogP contribution in [0, 0.1) is 6.92 Å². The van der Waals surface area contributed by atoms with E-state index >= 15 is 0 Å². The van der Waals surface area contributed by atoms with Gasteiger partial charge in [0.05, 0.1) is 6.33 Å². The molecule has 0 aromatic carbocycles. The number of imidazole rings is 1. The van der Waals surface area contributed by atoms with Crippen molar-refractivity contribution in [3.05, 3.63) is 16.6 Å². The van der Waals surface area contributed by atoms with Crippen LogP contribution in [0.3, 0.4) is 0 Å². The van der Waals surface area contributed by atoms with Crippen molar-refractivity contribution in [1.82, 2.24) is 9.55 Å². The molecule has 0 aliphatic carbocycles. The Labute approximate surface area is 69.4 Å². The summed E-state index contributed by atoms with van der Waals surface area (Å²) in [5.41, 5.74) is 1.19. The Kier molecular flexibility index (Phi) is 2.14. The molecule has 10 heavy (non-hydrogen) atoms. The third-order valence-corrected chi connectivity index (χ3v) is 2.32. The van der Waals surface area contributed by atoms with E-state index in [4.69, 9.17) is 0 Å². The largest absolute Gasteiger partial charge is 0.331 e. The smallest absolute Gasteiger partial charge is 0.127 e. The number of hydrogen-bond donors (Lipinski definition) is 0. The van der Waals surface area contributed by atoms with Gasteiger partial charge in [-0.3, -0.25) is 0 Å². The van der Waals surface area contributed by atoms with E-state index in [0.29, 0.717) is 6.04 Å². The molecule has 1 aromatic rings. The molecule has 0 saturated carbocycles. The van der Waals surface area contributed by atoms with Gasteiger partial charge < -0.3 is 4.57 Å². The molecular formula is C7H11BrN2. The van der Waals surface area contributed by atoms with E-state index in [1.54, 1.807) is 0 Å². The van der Waals surface area contributed by atoms with Gasteiger partial charge in [-0.05, 0) is 36.7 Å². The molecule has 1 aromatic heterocycles. The zero-order valence-corrected chi connectivity index (χ0v) is 8.01. The molecule has 1 rings (SSSR count). The Morgan fingerprint density at radius 3 is 2.40 bits per heavy atom. The molecule has 56 valence electrons. The van der Waals surface area contributed by atoms with Crippen LogP contribution in [0.1, 0.15) is 25.6 Å². The zero-order valence-electron chi connectivity index (χ0n) is 6.43. The quantitative estimate of drug-likeness (QED) is 0.685. The molecule has 0 aliphatic heterocycles. The number of nitrogens with zero attached hydrogens (tertiary/aromatic N) is 2. The van der Waals surface area contributed by atoms with Gasteiger partial charge in [-0.15, -0.1) is 0 Å². The van der Waals surface area contributed by atoms with Gasteiger partial charge in [-0.25, -0.2) is 4.98 Å². The molecule has 3 heteroatoms. The lowest BCUT2D eigenvalue weighted by Crippen LogP contribution is -2.00. The summed E-state index contributed by atoms with van der Waals surface area (Å²) in [6.07, 6.45) is 1.85. The Hall–Kier alpha value is -0.310. The van der Waals surface area contributed by atoms with Crippen LogP contribution in [-0.4, -0.2) is 9.55 Å². The third kappa shape index (κ3) is 1.24. The van der Waals surface area contributed by atoms with E-state index in [1.165, 1.54) is 5.69 Å². The van der Waals surface area contributed by atoms with E-state index in [0.717, 1.165) is 4.60 Å². The van der Waals surface area contributed by atoms with E-state index in [9.17, 15) is 0 Å². The van der Waals surface area contributed by atoms with Crippen LogP contribution in [0.15, 0.2) is 10.9 Å². The second-order valence-corrected chi connectivity index (χ2v) is 3.37. The highest BCUT2D eigenvalue weighted by Gasteiger charge is 2.04. The molecule has 0 aliphatic rings. The maximum Gasteiger partial charge on any atom is 0.127 e. The Morgan fingerprint density at radius 2 is 2.20 bits per heavy atom. The summed E-state index contributed by atoms with van der Waals surface area (Å²) in [5, 5.41) is 0. The average molecular weight is 203 g/mol. The van der Waals surface area contributed by atoms with Crippen LogP contribution in [0.4, 0.5) is 0 Å². The molecule has 0 amide bonds. The first-order valence-corrected chi connectivity index (χ1v) is 4.11. The summed E-state index contributed by atoms with van der Waals surface area (Å²) in [5.74, 6) is 0. The van der Waals surface area contributed by atoms with Gasteiger partial charge >= 0.3 is 0 Å². The fraction of sp³-hybridized carbons (Fsp3) is 0.571. The third-order valence-electron chi connectivity index (χ3n) is 1.54. The van der Waals surface area contributed by atoms with Crippen LogP contribution in [-0.2, 0) is 0 Å². The van der Waals surface area contributed by atoms with Gasteiger partial charge in [-0.1, -0.05) is 0 Å². The van der Waals surface area contributed by atoms with E-state index in [1.807, 2.05) is 6.33 Å². The van der Waals surface area contributed by atoms with Gasteiger partial charge in [-0.2, -0.15) is 0 Å². The standard InChI is InChI=1S/C7H11BrN2/c1-5(2)10-4-9-7(8)6(10)3/h4-5H,1-3H3. The first-order chi connectivity index (χ1) is 4.63. The molecule has 0 fully saturated rings. The van der Waals surface area contributed by atoms with Gasteiger partial charge in [0.2, 0.25) is 0 Å². The summed E-state index contributed by atoms with van der Waals surface area (Å²) < 4.78 is 3.07. The van der Waals surface area contributed by atoms with E-state index < -0.39 is 0 Å². The summed E-state index contributed by atoms with van der Waals surface area (Å²) >= 11 is 3.35. The Bertz CT molecular complexity index is 228. The monoisotopic (exact) mass is 202 g/mol. The van der Waals surface area contributed by atoms with Crippen molar-refractivity contribution in [1.29, 1.82) is 0 Å². The second kappa shape index (κ2) is 2.74. The van der Waals surface area contributed by atoms with Crippen molar-refractivity contribution in [2.24, 2.45) is 0 Å². The summed E-state index contributed by atoms with van der Waals surface area (Å²) in [6.45, 7) is 6.33. The Morgan fingerprint density at radius 1 is 1.60 bits per heavy atom. The predicted molar refractivity (Wildman–Crippen MR) is 45.0 cm³/mol. The van der Waals surface area contributed by atoms with Crippen molar-refractivity contribution in [2.75, 3.05) is 0 Å². The van der Waals surface area contributed by atoms with E-state index in [2.05, 4.69) is 46.3 Å². The van der Waals surface area contributed by atoms with Crippen molar-refractivity contribution in [2.45, 2.75) is 26.8 Å². The molecule has 0 bridgehead atoms. The summed E-state index contributed by atoms with van der Waals surface area (Å²) in [6, 6.07) is 0.499. The first-order valence-electron chi connectivity index (χ1n) is 3.32. The van der Waals surface area contributed by atoms with Gasteiger partial charge in [0.1, 0.15) is 4.60 Å². The van der Waals surface area contributed by atoms with Crippen LogP contribution in [0.5, 0.6) is 0 Å². The molecule has 0 radical (unpaired) electrons. The van der Waals surface area contributed by atoms with E-state index in [-0.39, 0.29) is 0 Å². The fourth-order valence-corrected chi connectivity index (χ4v) is 1.22. The minimum Gasteiger partial charge on any atom is -0.331 e. The minimum atomic E-state index is 0.499. The number of halogens is 1. The number of rotatable bonds is 1. The SMILES string of the molecule is Cc1c(Br)ncn1C(C)C. The second-order valence-electron chi connectivity index (χ2n) is 2.62. The molecule has 1 heterocycles. The molecule has 0 unspecified atom stereocenters. The van der Waals surface area contributed by atoms with Gasteiger partial charge in [0.15, 0.2) is 0 Å². The maximum absolute atomic E-state index is 4.12. The van der Waals surface area contributed by atoms with Gasteiger partial charge in [0, 0.05) is 11.7 Å². The lowest BCUT2D eigenvalue weighted by Gasteiger charge is -2.07. The predicted octanol–water partition coefficient (Wildman–Crippen LogP) is 2.53. The highest BCUT2D eigenvalue weighted by atomic mass is 79.9. The average Bonchev–Trinajstić information content (AvgIpc) is 2.14. The van der Waals surface area contributed by atoms with Crippen molar-refractivity contribution >= 4 is 15.9 Å². The summed E-state index contributed by atoms with van der Waals surface area (Å²) in [7, 11) is 0. The number of aromatic nitrogens is 2. The molecule has 0 N–H and O–H groups in total. The van der Waals surface area contributed by atoms with Crippen LogP contribution >= 0.6 is 15.9 Å². The molecule has 0 spiro atoms. The van der Waals surface area contributed by atoms with Crippen LogP contribution in [0.25, 0.3) is 0 Å². The highest BCUT2D eigenvalue weighted by molar-refractivity contribution is 9.10. The van der Waals surface area contributed by atoms with Crippen molar-refractivity contribution in [3.63, 3.8) is 0 Å². The van der Waals surface area contributed by atoms with Crippen LogP contribution < -0.4 is 0 Å². The zero-order chi connectivity index (χ0) is 7.72. The normalized spacial score (nSPS) is 10.9. The molecular weight excluding hydrogens is 192 g/mol. The summed E-state index contributed by atoms with van der Waals surface area (Å²) in [4.78, 5) is 4.12. The van der Waals surface area contributed by atoms with Crippen molar-refractivity contribution < 1.29 is 0 Å². The lowest BCUT2D eigenvalue weighted by molar-refractivity contribution is 0.585. The first kappa shape index (κ1) is 7.79. The van der Waals surface area contributed by atoms with Crippen molar-refractivity contribution in [3.8, 4) is 0 Å². The minimum absolute atomic E-state index is 0.499. The molecule has 0 atom stereocenters.